The van der Waals surface area contributed by atoms with Gasteiger partial charge >= 0.3 is 8.80 Å². The molecule has 20 heavy (non-hydrogen) atoms. The molecule has 1 heterocycles. The summed E-state index contributed by atoms with van der Waals surface area (Å²) >= 11 is 0. The number of hydrogen-bond acceptors (Lipinski definition) is 5. The van der Waals surface area contributed by atoms with E-state index in [9.17, 15) is 0 Å². The molecule has 0 radical (unpaired) electrons. The minimum absolute atomic E-state index is 0.356. The van der Waals surface area contributed by atoms with Gasteiger partial charge in [0.25, 0.3) is 0 Å². The van der Waals surface area contributed by atoms with Crippen LogP contribution in [0.3, 0.4) is 0 Å². The maximum atomic E-state index is 5.83. The summed E-state index contributed by atoms with van der Waals surface area (Å²) < 4.78 is 27.7. The van der Waals surface area contributed by atoms with Crippen molar-refractivity contribution in [3.8, 4) is 0 Å². The first-order valence-corrected chi connectivity index (χ1v) is 9.31. The van der Waals surface area contributed by atoms with Crippen LogP contribution in [0.5, 0.6) is 0 Å². The Kier molecular flexibility index (Phi) is 9.33. The van der Waals surface area contributed by atoms with E-state index < -0.39 is 8.80 Å². The number of ether oxygens (including phenoxy) is 2. The monoisotopic (exact) mass is 304 g/mol. The van der Waals surface area contributed by atoms with E-state index in [1.165, 1.54) is 0 Å². The van der Waals surface area contributed by atoms with Gasteiger partial charge in [-0.1, -0.05) is 6.58 Å². The molecule has 0 saturated carbocycles. The molecule has 1 rings (SSSR count). The van der Waals surface area contributed by atoms with Gasteiger partial charge in [0.05, 0.1) is 13.2 Å². The molecule has 1 saturated heterocycles. The average Bonchev–Trinajstić information content (AvgIpc) is 3.26. The molecule has 1 atom stereocenters. The van der Waals surface area contributed by atoms with Gasteiger partial charge in [0.1, 0.15) is 6.10 Å². The zero-order valence-corrected chi connectivity index (χ0v) is 13.8. The summed E-state index contributed by atoms with van der Waals surface area (Å²) in [5, 5.41) is 0. The van der Waals surface area contributed by atoms with Crippen LogP contribution >= 0.6 is 0 Å². The SMILES string of the molecule is C=C[Si](OCC)(OCC)OCCCCCOCC1CO1. The summed E-state index contributed by atoms with van der Waals surface area (Å²) in [6.45, 7) is 11.8. The van der Waals surface area contributed by atoms with Gasteiger partial charge in [-0.15, -0.1) is 0 Å². The first kappa shape index (κ1) is 17.8. The Balaban J connectivity index is 2.02. The molecular formula is C14H28O5Si. The predicted molar refractivity (Wildman–Crippen MR) is 79.6 cm³/mol. The fourth-order valence-corrected chi connectivity index (χ4v) is 3.62. The van der Waals surface area contributed by atoms with E-state index >= 15 is 0 Å². The lowest BCUT2D eigenvalue weighted by Crippen LogP contribution is -2.44. The highest BCUT2D eigenvalue weighted by molar-refractivity contribution is 6.66. The molecular weight excluding hydrogens is 276 g/mol. The Morgan fingerprint density at radius 2 is 1.75 bits per heavy atom. The third kappa shape index (κ3) is 7.52. The average molecular weight is 304 g/mol. The molecule has 1 aliphatic heterocycles. The lowest BCUT2D eigenvalue weighted by Gasteiger charge is -2.25. The standard InChI is InChI=1S/C14H28O5Si/c1-4-17-20(6-3,18-5-2)19-11-9-7-8-10-15-12-14-13-16-14/h6,14H,3-5,7-13H2,1-2H3. The third-order valence-electron chi connectivity index (χ3n) is 2.88. The zero-order valence-electron chi connectivity index (χ0n) is 12.8. The largest absolute Gasteiger partial charge is 0.528 e. The van der Waals surface area contributed by atoms with Crippen molar-refractivity contribution in [2.75, 3.05) is 39.6 Å². The van der Waals surface area contributed by atoms with Crippen LogP contribution in [-0.2, 0) is 22.8 Å². The summed E-state index contributed by atoms with van der Waals surface area (Å²) in [5.74, 6) is 0. The van der Waals surface area contributed by atoms with E-state index in [0.717, 1.165) is 39.1 Å². The van der Waals surface area contributed by atoms with Crippen molar-refractivity contribution < 1.29 is 22.8 Å². The molecule has 6 heteroatoms. The van der Waals surface area contributed by atoms with Gasteiger partial charge in [-0.3, -0.25) is 0 Å². The molecule has 5 nitrogen and oxygen atoms in total. The van der Waals surface area contributed by atoms with E-state index in [1.807, 2.05) is 13.8 Å². The van der Waals surface area contributed by atoms with Crippen LogP contribution < -0.4 is 0 Å². The quantitative estimate of drug-likeness (QED) is 0.280. The van der Waals surface area contributed by atoms with Crippen molar-refractivity contribution in [1.29, 1.82) is 0 Å². The van der Waals surface area contributed by atoms with E-state index in [-0.39, 0.29) is 0 Å². The molecule has 118 valence electrons. The summed E-state index contributed by atoms with van der Waals surface area (Å²) in [4.78, 5) is 0. The van der Waals surface area contributed by atoms with Gasteiger partial charge < -0.3 is 22.8 Å². The van der Waals surface area contributed by atoms with Crippen molar-refractivity contribution in [1.82, 2.24) is 0 Å². The van der Waals surface area contributed by atoms with E-state index in [1.54, 1.807) is 5.70 Å². The van der Waals surface area contributed by atoms with Crippen LogP contribution in [0.15, 0.2) is 12.3 Å². The van der Waals surface area contributed by atoms with Gasteiger partial charge in [0.15, 0.2) is 0 Å². The predicted octanol–water partition coefficient (Wildman–Crippen LogP) is 2.33. The van der Waals surface area contributed by atoms with Crippen LogP contribution in [0.4, 0.5) is 0 Å². The van der Waals surface area contributed by atoms with Crippen molar-refractivity contribution in [3.63, 3.8) is 0 Å². The van der Waals surface area contributed by atoms with Crippen molar-refractivity contribution in [3.05, 3.63) is 12.3 Å². The molecule has 0 aromatic heterocycles. The fourth-order valence-electron chi connectivity index (χ4n) is 1.78. The Hall–Kier alpha value is -0.243. The third-order valence-corrected chi connectivity index (χ3v) is 5.37. The molecule has 0 amide bonds. The second-order valence-corrected chi connectivity index (χ2v) is 7.09. The van der Waals surface area contributed by atoms with Crippen LogP contribution in [-0.4, -0.2) is 54.5 Å². The Morgan fingerprint density at radius 3 is 2.30 bits per heavy atom. The summed E-state index contributed by atoms with van der Waals surface area (Å²) in [7, 11) is -2.64. The highest BCUT2D eigenvalue weighted by Gasteiger charge is 2.36. The Bertz CT molecular complexity index is 252. The van der Waals surface area contributed by atoms with E-state index in [4.69, 9.17) is 22.8 Å². The second kappa shape index (κ2) is 10.5. The smallest absolute Gasteiger partial charge is 0.379 e. The molecule has 1 fully saturated rings. The summed E-state index contributed by atoms with van der Waals surface area (Å²) in [6.07, 6.45) is 3.45. The van der Waals surface area contributed by atoms with Gasteiger partial charge in [-0.2, -0.15) is 0 Å². The fraction of sp³-hybridized carbons (Fsp3) is 0.857. The number of rotatable bonds is 14. The first-order chi connectivity index (χ1) is 9.76. The molecule has 0 bridgehead atoms. The van der Waals surface area contributed by atoms with Crippen LogP contribution in [0.25, 0.3) is 0 Å². The minimum atomic E-state index is -2.64. The number of epoxide rings is 1. The summed E-state index contributed by atoms with van der Waals surface area (Å²) in [5.41, 5.74) is 1.71. The van der Waals surface area contributed by atoms with Gasteiger partial charge in [-0.05, 0) is 38.8 Å². The molecule has 1 unspecified atom stereocenters. The highest BCUT2D eigenvalue weighted by atomic mass is 28.4. The van der Waals surface area contributed by atoms with Crippen molar-refractivity contribution in [2.24, 2.45) is 0 Å². The molecule has 1 aliphatic rings. The lowest BCUT2D eigenvalue weighted by molar-refractivity contribution is 0.0764. The van der Waals surface area contributed by atoms with E-state index in [2.05, 4.69) is 6.58 Å². The lowest BCUT2D eigenvalue weighted by atomic mass is 10.2. The molecule has 0 aromatic carbocycles. The Labute approximate surface area is 123 Å². The van der Waals surface area contributed by atoms with Crippen LogP contribution in [0.1, 0.15) is 33.1 Å². The zero-order chi connectivity index (χ0) is 14.7. The minimum Gasteiger partial charge on any atom is -0.379 e. The summed E-state index contributed by atoms with van der Waals surface area (Å²) in [6, 6.07) is 0. The number of unbranched alkanes of at least 4 members (excludes halogenated alkanes) is 2. The highest BCUT2D eigenvalue weighted by Crippen LogP contribution is 2.13. The van der Waals surface area contributed by atoms with E-state index in [0.29, 0.717) is 25.9 Å². The van der Waals surface area contributed by atoms with Crippen molar-refractivity contribution in [2.45, 2.75) is 39.2 Å². The molecule has 0 aliphatic carbocycles. The molecule has 0 N–H and O–H groups in total. The normalized spacial score (nSPS) is 18.2. The van der Waals surface area contributed by atoms with Crippen LogP contribution in [0, 0.1) is 0 Å². The number of hydrogen-bond donors (Lipinski definition) is 0. The van der Waals surface area contributed by atoms with Gasteiger partial charge in [0.2, 0.25) is 0 Å². The second-order valence-electron chi connectivity index (χ2n) is 4.61. The van der Waals surface area contributed by atoms with Crippen molar-refractivity contribution >= 4 is 8.80 Å². The maximum absolute atomic E-state index is 5.83. The molecule has 0 aromatic rings. The van der Waals surface area contributed by atoms with Crippen LogP contribution in [0.2, 0.25) is 0 Å². The maximum Gasteiger partial charge on any atom is 0.528 e. The molecule has 0 spiro atoms. The first-order valence-electron chi connectivity index (χ1n) is 7.51. The topological polar surface area (TPSA) is 49.5 Å². The van der Waals surface area contributed by atoms with Gasteiger partial charge in [0, 0.05) is 26.4 Å². The Morgan fingerprint density at radius 1 is 1.10 bits per heavy atom. The van der Waals surface area contributed by atoms with Gasteiger partial charge in [-0.25, -0.2) is 0 Å².